The molecule has 0 fully saturated rings. The Hall–Kier alpha value is -1.99. The van der Waals surface area contributed by atoms with E-state index in [9.17, 15) is 9.59 Å². The fourth-order valence-corrected chi connectivity index (χ4v) is 1.10. The molecule has 1 atom stereocenters. The Morgan fingerprint density at radius 3 is 2.69 bits per heavy atom. The highest BCUT2D eigenvalue weighted by molar-refractivity contribution is 5.94. The molecule has 1 unspecified atom stereocenters. The fraction of sp³-hybridized carbons (Fsp3) is 0.625. The van der Waals surface area contributed by atoms with Gasteiger partial charge in [0.2, 0.25) is 0 Å². The summed E-state index contributed by atoms with van der Waals surface area (Å²) >= 11 is 0. The van der Waals surface area contributed by atoms with Crippen molar-refractivity contribution in [2.24, 2.45) is 13.0 Å². The van der Waals surface area contributed by atoms with E-state index in [1.807, 2.05) is 0 Å². The van der Waals surface area contributed by atoms with Crippen LogP contribution in [0.3, 0.4) is 0 Å². The van der Waals surface area contributed by atoms with E-state index >= 15 is 0 Å². The minimum absolute atomic E-state index is 0.123. The van der Waals surface area contributed by atoms with Gasteiger partial charge in [0.25, 0.3) is 0 Å². The van der Waals surface area contributed by atoms with Gasteiger partial charge in [0, 0.05) is 6.42 Å². The maximum atomic E-state index is 11.3. The van der Waals surface area contributed by atoms with Crippen LogP contribution in [-0.2, 0) is 27.8 Å². The summed E-state index contributed by atoms with van der Waals surface area (Å²) in [5, 5.41) is 19.8. The summed E-state index contributed by atoms with van der Waals surface area (Å²) in [5.41, 5.74) is 0. The van der Waals surface area contributed by atoms with Crippen LogP contribution in [0.1, 0.15) is 12.7 Å². The van der Waals surface area contributed by atoms with E-state index in [2.05, 4.69) is 20.1 Å². The number of nitrogens with zero attached hydrogens (tertiary/aromatic N) is 4. The monoisotopic (exact) mass is 228 g/mol. The summed E-state index contributed by atoms with van der Waals surface area (Å²) in [6, 6.07) is 0. The van der Waals surface area contributed by atoms with Crippen molar-refractivity contribution in [2.45, 2.75) is 13.3 Å². The van der Waals surface area contributed by atoms with Crippen molar-refractivity contribution in [1.82, 2.24) is 20.2 Å². The Balaban J connectivity index is 2.72. The van der Waals surface area contributed by atoms with Crippen molar-refractivity contribution < 1.29 is 19.4 Å². The summed E-state index contributed by atoms with van der Waals surface area (Å²) in [6.45, 7) is 1.74. The molecule has 0 aliphatic rings. The van der Waals surface area contributed by atoms with Gasteiger partial charge in [-0.1, -0.05) is 0 Å². The molecule has 0 amide bonds. The number of carbonyl (C=O) groups is 2. The number of carboxylic acid groups (broad SMARTS) is 1. The molecule has 0 aromatic carbocycles. The van der Waals surface area contributed by atoms with E-state index < -0.39 is 17.9 Å². The molecular weight excluding hydrogens is 216 g/mol. The lowest BCUT2D eigenvalue weighted by Gasteiger charge is -2.08. The van der Waals surface area contributed by atoms with Crippen molar-refractivity contribution in [2.75, 3.05) is 6.61 Å². The summed E-state index contributed by atoms with van der Waals surface area (Å²) in [5.74, 6) is -3.14. The molecule has 0 spiro atoms. The summed E-state index contributed by atoms with van der Waals surface area (Å²) in [7, 11) is 1.55. The van der Waals surface area contributed by atoms with Crippen LogP contribution in [0.5, 0.6) is 0 Å². The minimum Gasteiger partial charge on any atom is -0.481 e. The van der Waals surface area contributed by atoms with Gasteiger partial charge in [0.05, 0.1) is 13.7 Å². The molecule has 8 nitrogen and oxygen atoms in total. The predicted molar refractivity (Wildman–Crippen MR) is 50.3 cm³/mol. The second-order valence-corrected chi connectivity index (χ2v) is 3.04. The highest BCUT2D eigenvalue weighted by Gasteiger charge is 2.29. The van der Waals surface area contributed by atoms with Crippen LogP contribution in [0.15, 0.2) is 0 Å². The Bertz CT molecular complexity index is 389. The number of aromatic nitrogens is 4. The summed E-state index contributed by atoms with van der Waals surface area (Å²) < 4.78 is 4.64. The average molecular weight is 228 g/mol. The van der Waals surface area contributed by atoms with Crippen LogP contribution in [0, 0.1) is 5.92 Å². The first-order valence-electron chi connectivity index (χ1n) is 4.67. The second-order valence-electron chi connectivity index (χ2n) is 3.04. The van der Waals surface area contributed by atoms with E-state index in [1.54, 1.807) is 14.0 Å². The zero-order chi connectivity index (χ0) is 12.1. The number of tetrazole rings is 1. The molecule has 0 radical (unpaired) electrons. The molecule has 0 saturated carbocycles. The van der Waals surface area contributed by atoms with Crippen molar-refractivity contribution in [3.63, 3.8) is 0 Å². The van der Waals surface area contributed by atoms with Gasteiger partial charge in [0.1, 0.15) is 0 Å². The lowest BCUT2D eigenvalue weighted by atomic mass is 10.1. The molecule has 1 aromatic heterocycles. The van der Waals surface area contributed by atoms with Gasteiger partial charge < -0.3 is 9.84 Å². The number of esters is 1. The smallest absolute Gasteiger partial charge is 0.320 e. The maximum Gasteiger partial charge on any atom is 0.320 e. The fourth-order valence-electron chi connectivity index (χ4n) is 1.10. The molecule has 1 rings (SSSR count). The first kappa shape index (κ1) is 12.1. The van der Waals surface area contributed by atoms with Crippen LogP contribution in [0.2, 0.25) is 0 Å². The zero-order valence-corrected chi connectivity index (χ0v) is 8.95. The molecule has 0 aliphatic carbocycles. The average Bonchev–Trinajstić information content (AvgIpc) is 2.60. The number of aliphatic carboxylic acids is 1. The SMILES string of the molecule is CCOC(=O)C(Cc1nnn(C)n1)C(=O)O. The maximum absolute atomic E-state index is 11.3. The van der Waals surface area contributed by atoms with Crippen LogP contribution in [0.25, 0.3) is 0 Å². The number of carbonyl (C=O) groups excluding carboxylic acids is 1. The van der Waals surface area contributed by atoms with Crippen molar-refractivity contribution in [3.8, 4) is 0 Å². The zero-order valence-electron chi connectivity index (χ0n) is 8.95. The van der Waals surface area contributed by atoms with E-state index in [4.69, 9.17) is 5.11 Å². The second kappa shape index (κ2) is 5.19. The van der Waals surface area contributed by atoms with Crippen LogP contribution in [-0.4, -0.2) is 43.9 Å². The van der Waals surface area contributed by atoms with Crippen molar-refractivity contribution in [3.05, 3.63) is 5.82 Å². The first-order valence-corrected chi connectivity index (χ1v) is 4.67. The highest BCUT2D eigenvalue weighted by Crippen LogP contribution is 2.06. The van der Waals surface area contributed by atoms with Gasteiger partial charge in [-0.2, -0.15) is 4.80 Å². The molecule has 1 aromatic rings. The molecular formula is C8H12N4O4. The molecule has 16 heavy (non-hydrogen) atoms. The number of rotatable bonds is 5. The quantitative estimate of drug-likeness (QED) is 0.509. The third-order valence-electron chi connectivity index (χ3n) is 1.81. The van der Waals surface area contributed by atoms with E-state index in [-0.39, 0.29) is 18.9 Å². The molecule has 0 bridgehead atoms. The van der Waals surface area contributed by atoms with Crippen molar-refractivity contribution in [1.29, 1.82) is 0 Å². The molecule has 88 valence electrons. The molecule has 8 heteroatoms. The number of hydrogen-bond donors (Lipinski definition) is 1. The van der Waals surface area contributed by atoms with E-state index in [0.717, 1.165) is 0 Å². The van der Waals surface area contributed by atoms with Gasteiger partial charge in [-0.3, -0.25) is 9.59 Å². The number of aryl methyl sites for hydroxylation is 1. The van der Waals surface area contributed by atoms with Gasteiger partial charge in [-0.25, -0.2) is 0 Å². The third kappa shape index (κ3) is 3.01. The van der Waals surface area contributed by atoms with Gasteiger partial charge in [0.15, 0.2) is 11.7 Å². The Morgan fingerprint density at radius 1 is 1.56 bits per heavy atom. The van der Waals surface area contributed by atoms with Gasteiger partial charge in [-0.05, 0) is 12.1 Å². The van der Waals surface area contributed by atoms with Gasteiger partial charge in [-0.15, -0.1) is 10.2 Å². The summed E-state index contributed by atoms with van der Waals surface area (Å²) in [6.07, 6.45) is -0.123. The highest BCUT2D eigenvalue weighted by atomic mass is 16.5. The lowest BCUT2D eigenvalue weighted by molar-refractivity contribution is -0.158. The van der Waals surface area contributed by atoms with E-state index in [0.29, 0.717) is 0 Å². The number of carboxylic acids is 1. The Labute approximate surface area is 91.2 Å². The molecule has 0 saturated heterocycles. The minimum atomic E-state index is -1.29. The van der Waals surface area contributed by atoms with Crippen LogP contribution < -0.4 is 0 Å². The van der Waals surface area contributed by atoms with Crippen molar-refractivity contribution >= 4 is 11.9 Å². The van der Waals surface area contributed by atoms with Gasteiger partial charge >= 0.3 is 11.9 Å². The standard InChI is InChI=1S/C8H12N4O4/c1-3-16-8(15)5(7(13)14)4-6-9-11-12(2)10-6/h5H,3-4H2,1-2H3,(H,13,14). The Kier molecular flexibility index (Phi) is 3.92. The predicted octanol–water partition coefficient (Wildman–Crippen LogP) is -0.983. The molecule has 1 heterocycles. The largest absolute Gasteiger partial charge is 0.481 e. The lowest BCUT2D eigenvalue weighted by Crippen LogP contribution is -2.28. The van der Waals surface area contributed by atoms with Crippen LogP contribution in [0.4, 0.5) is 0 Å². The summed E-state index contributed by atoms with van der Waals surface area (Å²) in [4.78, 5) is 23.3. The molecule has 0 aliphatic heterocycles. The van der Waals surface area contributed by atoms with Crippen LogP contribution >= 0.6 is 0 Å². The topological polar surface area (TPSA) is 107 Å². The Morgan fingerprint density at radius 2 is 2.25 bits per heavy atom. The normalized spacial score (nSPS) is 12.1. The number of ether oxygens (including phenoxy) is 1. The molecule has 1 N–H and O–H groups in total. The number of hydrogen-bond acceptors (Lipinski definition) is 6. The first-order chi connectivity index (χ1) is 7.54. The third-order valence-corrected chi connectivity index (χ3v) is 1.81. The van der Waals surface area contributed by atoms with E-state index in [1.165, 1.54) is 4.80 Å².